The van der Waals surface area contributed by atoms with Crippen molar-refractivity contribution in [3.63, 3.8) is 0 Å². The highest BCUT2D eigenvalue weighted by atomic mass is 16.7. The molecule has 2 fully saturated rings. The Morgan fingerprint density at radius 1 is 1.10 bits per heavy atom. The predicted molar refractivity (Wildman–Crippen MR) is 102 cm³/mol. The van der Waals surface area contributed by atoms with Gasteiger partial charge in [-0.25, -0.2) is 0 Å². The number of carbonyl (C=O) groups excluding carboxylic acids is 3. The van der Waals surface area contributed by atoms with Gasteiger partial charge in [0.2, 0.25) is 11.8 Å². The molecule has 8 nitrogen and oxygen atoms in total. The first-order valence-corrected chi connectivity index (χ1v) is 9.31. The molecule has 4 unspecified atom stereocenters. The van der Waals surface area contributed by atoms with E-state index in [0.717, 1.165) is 5.56 Å². The number of likely N-dealkylation sites (tertiary alicyclic amines) is 1. The third-order valence-electron chi connectivity index (χ3n) is 5.44. The number of benzene rings is 2. The van der Waals surface area contributed by atoms with E-state index in [-0.39, 0.29) is 18.2 Å². The molecule has 4 atom stereocenters. The third kappa shape index (κ3) is 3.26. The summed E-state index contributed by atoms with van der Waals surface area (Å²) in [5.41, 5.74) is 6.81. The topological polar surface area (TPSA) is 113 Å². The van der Waals surface area contributed by atoms with Crippen LogP contribution in [0.15, 0.2) is 54.6 Å². The fourth-order valence-electron chi connectivity index (χ4n) is 4.09. The quantitative estimate of drug-likeness (QED) is 0.738. The van der Waals surface area contributed by atoms with Gasteiger partial charge in [0, 0.05) is 0 Å². The van der Waals surface area contributed by atoms with E-state index in [2.05, 4.69) is 0 Å². The minimum Gasteiger partial charge on any atom is -0.508 e. The zero-order chi connectivity index (χ0) is 20.7. The molecule has 0 radical (unpaired) electrons. The van der Waals surface area contributed by atoms with Gasteiger partial charge in [0.1, 0.15) is 12.3 Å². The SMILES string of the molecule is CC(c1ccccc1)N1C(=O)C2ON(CC(N)=O)C(c3ccc(O)cc3)C2C1=O. The van der Waals surface area contributed by atoms with Crippen molar-refractivity contribution in [3.05, 3.63) is 65.7 Å². The molecule has 0 spiro atoms. The molecule has 2 aliphatic heterocycles. The number of aromatic hydroxyl groups is 1. The molecular weight excluding hydrogens is 374 g/mol. The average Bonchev–Trinajstić information content (AvgIpc) is 3.18. The first kappa shape index (κ1) is 19.1. The van der Waals surface area contributed by atoms with E-state index in [1.54, 1.807) is 19.1 Å². The van der Waals surface area contributed by atoms with E-state index in [1.807, 2.05) is 30.3 Å². The minimum atomic E-state index is -1.02. The van der Waals surface area contributed by atoms with Crippen LogP contribution >= 0.6 is 0 Å². The summed E-state index contributed by atoms with van der Waals surface area (Å²) < 4.78 is 0. The van der Waals surface area contributed by atoms with Crippen LogP contribution in [0, 0.1) is 5.92 Å². The van der Waals surface area contributed by atoms with Crippen molar-refractivity contribution in [2.45, 2.75) is 25.1 Å². The first-order chi connectivity index (χ1) is 13.9. The summed E-state index contributed by atoms with van der Waals surface area (Å²) in [6, 6.07) is 14.4. The smallest absolute Gasteiger partial charge is 0.261 e. The lowest BCUT2D eigenvalue weighted by atomic mass is 9.90. The Balaban J connectivity index is 1.70. The van der Waals surface area contributed by atoms with Gasteiger partial charge in [0.25, 0.3) is 5.91 Å². The Morgan fingerprint density at radius 2 is 1.76 bits per heavy atom. The van der Waals surface area contributed by atoms with Gasteiger partial charge >= 0.3 is 0 Å². The Morgan fingerprint density at radius 3 is 2.38 bits per heavy atom. The van der Waals surface area contributed by atoms with Gasteiger partial charge in [0.05, 0.1) is 18.0 Å². The molecule has 3 amide bonds. The monoisotopic (exact) mass is 395 g/mol. The molecule has 0 saturated carbocycles. The summed E-state index contributed by atoms with van der Waals surface area (Å²) >= 11 is 0. The van der Waals surface area contributed by atoms with Crippen LogP contribution in [0.3, 0.4) is 0 Å². The van der Waals surface area contributed by atoms with Crippen LogP contribution in [0.25, 0.3) is 0 Å². The van der Waals surface area contributed by atoms with Crippen LogP contribution in [-0.4, -0.2) is 45.4 Å². The molecule has 0 aromatic heterocycles. The maximum absolute atomic E-state index is 13.3. The summed E-state index contributed by atoms with van der Waals surface area (Å²) in [4.78, 5) is 44.9. The van der Waals surface area contributed by atoms with Crippen molar-refractivity contribution in [3.8, 4) is 5.75 Å². The molecule has 4 rings (SSSR count). The fraction of sp³-hybridized carbons (Fsp3) is 0.286. The van der Waals surface area contributed by atoms with E-state index in [4.69, 9.17) is 10.6 Å². The van der Waals surface area contributed by atoms with E-state index >= 15 is 0 Å². The molecule has 2 heterocycles. The number of amides is 3. The van der Waals surface area contributed by atoms with E-state index in [1.165, 1.54) is 22.1 Å². The van der Waals surface area contributed by atoms with Gasteiger partial charge in [0.15, 0.2) is 6.10 Å². The van der Waals surface area contributed by atoms with Gasteiger partial charge in [-0.2, -0.15) is 5.06 Å². The van der Waals surface area contributed by atoms with E-state index in [0.29, 0.717) is 5.56 Å². The number of fused-ring (bicyclic) bond motifs is 1. The maximum atomic E-state index is 13.3. The van der Waals surface area contributed by atoms with Crippen molar-refractivity contribution >= 4 is 17.7 Å². The van der Waals surface area contributed by atoms with Crippen molar-refractivity contribution in [1.29, 1.82) is 0 Å². The number of imide groups is 1. The number of rotatable bonds is 5. The molecule has 150 valence electrons. The average molecular weight is 395 g/mol. The van der Waals surface area contributed by atoms with Crippen LogP contribution in [0.4, 0.5) is 0 Å². The molecule has 2 aliphatic rings. The highest BCUT2D eigenvalue weighted by molar-refractivity contribution is 6.07. The zero-order valence-electron chi connectivity index (χ0n) is 15.8. The number of phenols is 1. The molecule has 2 aromatic rings. The number of nitrogens with zero attached hydrogens (tertiary/aromatic N) is 2. The standard InChI is InChI=1S/C21H21N3O5/c1-12(13-5-3-2-4-6-13)24-20(27)17-18(14-7-9-15(25)10-8-14)23(11-16(22)26)29-19(17)21(24)28/h2-10,12,17-19,25H,11H2,1H3,(H2,22,26). The lowest BCUT2D eigenvalue weighted by Crippen LogP contribution is -2.40. The Kier molecular flexibility index (Phi) is 4.81. The molecule has 8 heteroatoms. The summed E-state index contributed by atoms with van der Waals surface area (Å²) in [5.74, 6) is -2.17. The number of hydrogen-bond acceptors (Lipinski definition) is 6. The summed E-state index contributed by atoms with van der Waals surface area (Å²) in [6.07, 6.45) is -1.02. The van der Waals surface area contributed by atoms with Gasteiger partial charge < -0.3 is 10.8 Å². The second kappa shape index (κ2) is 7.31. The van der Waals surface area contributed by atoms with Crippen molar-refractivity contribution in [2.24, 2.45) is 11.7 Å². The highest BCUT2D eigenvalue weighted by Gasteiger charge is 2.60. The van der Waals surface area contributed by atoms with E-state index in [9.17, 15) is 19.5 Å². The molecule has 2 aromatic carbocycles. The Labute approximate surface area is 167 Å². The number of primary amides is 1. The molecule has 0 bridgehead atoms. The van der Waals surface area contributed by atoms with Crippen LogP contribution in [0.1, 0.15) is 30.1 Å². The van der Waals surface area contributed by atoms with Gasteiger partial charge in [-0.1, -0.05) is 42.5 Å². The summed E-state index contributed by atoms with van der Waals surface area (Å²) in [6.45, 7) is 1.54. The van der Waals surface area contributed by atoms with Crippen molar-refractivity contribution < 1.29 is 24.3 Å². The Hall–Kier alpha value is -3.23. The van der Waals surface area contributed by atoms with Crippen molar-refractivity contribution in [2.75, 3.05) is 6.54 Å². The van der Waals surface area contributed by atoms with Crippen LogP contribution < -0.4 is 5.73 Å². The number of phenolic OH excluding ortho intramolecular Hbond substituents is 1. The first-order valence-electron chi connectivity index (χ1n) is 9.31. The normalized spacial score (nSPS) is 25.3. The predicted octanol–water partition coefficient (Wildman–Crippen LogP) is 1.28. The fourth-order valence-corrected chi connectivity index (χ4v) is 4.09. The molecule has 29 heavy (non-hydrogen) atoms. The van der Waals surface area contributed by atoms with Crippen LogP contribution in [0.2, 0.25) is 0 Å². The lowest BCUT2D eigenvalue weighted by molar-refractivity contribution is -0.182. The molecule has 2 saturated heterocycles. The molecular formula is C21H21N3O5. The number of carbonyl (C=O) groups is 3. The largest absolute Gasteiger partial charge is 0.508 e. The second-order valence-corrected chi connectivity index (χ2v) is 7.26. The minimum absolute atomic E-state index is 0.0683. The van der Waals surface area contributed by atoms with Gasteiger partial charge in [-0.3, -0.25) is 24.1 Å². The number of hydrogen-bond donors (Lipinski definition) is 2. The second-order valence-electron chi connectivity index (χ2n) is 7.26. The summed E-state index contributed by atoms with van der Waals surface area (Å²) in [7, 11) is 0. The van der Waals surface area contributed by atoms with Crippen molar-refractivity contribution in [1.82, 2.24) is 9.96 Å². The van der Waals surface area contributed by atoms with Crippen LogP contribution in [0.5, 0.6) is 5.75 Å². The van der Waals surface area contributed by atoms with Gasteiger partial charge in [-0.05, 0) is 30.2 Å². The van der Waals surface area contributed by atoms with E-state index < -0.39 is 35.9 Å². The molecule has 0 aliphatic carbocycles. The number of hydroxylamine groups is 2. The van der Waals surface area contributed by atoms with Crippen LogP contribution in [-0.2, 0) is 19.2 Å². The zero-order valence-corrected chi connectivity index (χ0v) is 15.8. The third-order valence-corrected chi connectivity index (χ3v) is 5.44. The van der Waals surface area contributed by atoms with Gasteiger partial charge in [-0.15, -0.1) is 0 Å². The molecule has 3 N–H and O–H groups in total. The Bertz CT molecular complexity index is 947. The maximum Gasteiger partial charge on any atom is 0.261 e. The lowest BCUT2D eigenvalue weighted by Gasteiger charge is -2.29. The summed E-state index contributed by atoms with van der Waals surface area (Å²) in [5, 5.41) is 10.9. The number of nitrogens with two attached hydrogens (primary N) is 1. The highest BCUT2D eigenvalue weighted by Crippen LogP contribution is 2.46.